The maximum atomic E-state index is 13.1. The van der Waals surface area contributed by atoms with Crippen molar-refractivity contribution in [3.05, 3.63) is 71.3 Å². The van der Waals surface area contributed by atoms with Crippen LogP contribution in [0.15, 0.2) is 54.6 Å². The molecule has 4 N–H and O–H groups in total. The topological polar surface area (TPSA) is 125 Å². The lowest BCUT2D eigenvalue weighted by Crippen LogP contribution is -2.50. The molecule has 3 fully saturated rings. The number of nitrogens with one attached hydrogen (secondary N) is 2. The molecule has 2 heterocycles. The summed E-state index contributed by atoms with van der Waals surface area (Å²) in [6.07, 6.45) is 3.16. The number of benzene rings is 2. The van der Waals surface area contributed by atoms with Crippen molar-refractivity contribution in [2.24, 2.45) is 11.7 Å². The van der Waals surface area contributed by atoms with Gasteiger partial charge < -0.3 is 26.2 Å². The molecule has 2 aromatic carbocycles. The molecule has 2 aliphatic heterocycles. The van der Waals surface area contributed by atoms with E-state index in [1.54, 1.807) is 34.1 Å². The Kier molecular flexibility index (Phi) is 7.12. The maximum absolute atomic E-state index is 13.1. The minimum Gasteiger partial charge on any atom is -0.352 e. The Morgan fingerprint density at radius 1 is 0.784 bits per heavy atom. The molecule has 0 unspecified atom stereocenters. The zero-order valence-electron chi connectivity index (χ0n) is 20.8. The highest BCUT2D eigenvalue weighted by Gasteiger charge is 2.41. The van der Waals surface area contributed by atoms with Crippen LogP contribution in [-0.2, 0) is 4.79 Å². The van der Waals surface area contributed by atoms with Crippen molar-refractivity contribution in [3.63, 3.8) is 0 Å². The number of amides is 5. The summed E-state index contributed by atoms with van der Waals surface area (Å²) >= 11 is 0. The average Bonchev–Trinajstić information content (AvgIpc) is 3.49. The smallest absolute Gasteiger partial charge is 0.312 e. The molecule has 0 bridgehead atoms. The fraction of sp³-hybridized carbons (Fsp3) is 0.429. The average molecular weight is 504 g/mol. The summed E-state index contributed by atoms with van der Waals surface area (Å²) in [5.41, 5.74) is 7.46. The highest BCUT2D eigenvalue weighted by Crippen LogP contribution is 2.41. The Bertz CT molecular complexity index is 1170. The van der Waals surface area contributed by atoms with E-state index in [4.69, 9.17) is 5.73 Å². The Morgan fingerprint density at radius 2 is 1.43 bits per heavy atom. The van der Waals surface area contributed by atoms with Crippen molar-refractivity contribution in [2.45, 2.75) is 43.7 Å². The Balaban J connectivity index is 1.12. The van der Waals surface area contributed by atoms with Gasteiger partial charge >= 0.3 is 6.03 Å². The number of carbonyl (C=O) groups excluding carboxylic acids is 4. The lowest BCUT2D eigenvalue weighted by Gasteiger charge is -2.32. The van der Waals surface area contributed by atoms with E-state index < -0.39 is 6.03 Å². The van der Waals surface area contributed by atoms with Gasteiger partial charge in [-0.15, -0.1) is 0 Å². The van der Waals surface area contributed by atoms with Gasteiger partial charge in [0.2, 0.25) is 5.91 Å². The van der Waals surface area contributed by atoms with Crippen LogP contribution in [0.4, 0.5) is 4.79 Å². The number of likely N-dealkylation sites (tertiary alicyclic amines) is 2. The third-order valence-corrected chi connectivity index (χ3v) is 7.63. The van der Waals surface area contributed by atoms with Gasteiger partial charge in [0.05, 0.1) is 5.92 Å². The summed E-state index contributed by atoms with van der Waals surface area (Å²) in [7, 11) is 0. The quantitative estimate of drug-likeness (QED) is 0.558. The van der Waals surface area contributed by atoms with Crippen molar-refractivity contribution in [1.82, 2.24) is 20.4 Å². The summed E-state index contributed by atoms with van der Waals surface area (Å²) in [4.78, 5) is 53.4. The molecule has 0 spiro atoms. The second-order valence-electron chi connectivity index (χ2n) is 10.3. The second kappa shape index (κ2) is 10.6. The van der Waals surface area contributed by atoms with Gasteiger partial charge in [0, 0.05) is 55.3 Å². The van der Waals surface area contributed by atoms with E-state index in [9.17, 15) is 19.2 Å². The molecule has 2 saturated heterocycles. The van der Waals surface area contributed by atoms with Crippen LogP contribution in [0.1, 0.15) is 57.9 Å². The van der Waals surface area contributed by atoms with Crippen LogP contribution >= 0.6 is 0 Å². The molecule has 3 aliphatic rings. The van der Waals surface area contributed by atoms with Crippen molar-refractivity contribution in [3.8, 4) is 0 Å². The van der Waals surface area contributed by atoms with E-state index in [0.29, 0.717) is 49.6 Å². The first-order chi connectivity index (χ1) is 17.9. The van der Waals surface area contributed by atoms with Gasteiger partial charge in [-0.1, -0.05) is 30.3 Å². The molecule has 1 aliphatic carbocycles. The highest BCUT2D eigenvalue weighted by molar-refractivity contribution is 5.98. The summed E-state index contributed by atoms with van der Waals surface area (Å²) in [6, 6.07) is 16.3. The fourth-order valence-corrected chi connectivity index (χ4v) is 5.48. The minimum atomic E-state index is -0.590. The summed E-state index contributed by atoms with van der Waals surface area (Å²) < 4.78 is 0. The standard InChI is InChI=1S/C28H33N5O4/c29-28(37)30-22-7-4-13-32(17-22)26(35)19-8-10-20(11-9-19)27(36)33-14-12-21(16-33)25(34)31-24-15-23(24)18-5-2-1-3-6-18/h1-3,5-6,8-11,21-24H,4,7,12-17H2,(H,31,34)(H3,29,30,37)/t21-,22+,23+,24-/m0/s1. The predicted octanol–water partition coefficient (Wildman–Crippen LogP) is 2.09. The van der Waals surface area contributed by atoms with E-state index in [0.717, 1.165) is 19.3 Å². The summed E-state index contributed by atoms with van der Waals surface area (Å²) in [6.45, 7) is 1.95. The predicted molar refractivity (Wildman–Crippen MR) is 138 cm³/mol. The van der Waals surface area contributed by atoms with Crippen molar-refractivity contribution in [1.29, 1.82) is 0 Å². The van der Waals surface area contributed by atoms with Gasteiger partial charge in [0.1, 0.15) is 0 Å². The number of piperidine rings is 1. The van der Waals surface area contributed by atoms with Gasteiger partial charge in [-0.25, -0.2) is 4.79 Å². The lowest BCUT2D eigenvalue weighted by molar-refractivity contribution is -0.124. The molecule has 0 aromatic heterocycles. The number of urea groups is 1. The number of nitrogens with two attached hydrogens (primary N) is 1. The molecule has 5 amide bonds. The maximum Gasteiger partial charge on any atom is 0.312 e. The van der Waals surface area contributed by atoms with Gasteiger partial charge in [-0.05, 0) is 55.5 Å². The van der Waals surface area contributed by atoms with E-state index in [-0.39, 0.29) is 35.7 Å². The zero-order valence-corrected chi connectivity index (χ0v) is 20.8. The molecule has 9 heteroatoms. The Morgan fingerprint density at radius 3 is 2.08 bits per heavy atom. The summed E-state index contributed by atoms with van der Waals surface area (Å²) in [5, 5.41) is 5.83. The van der Waals surface area contributed by atoms with Crippen molar-refractivity contribution in [2.75, 3.05) is 26.2 Å². The van der Waals surface area contributed by atoms with Crippen LogP contribution in [0, 0.1) is 5.92 Å². The minimum absolute atomic E-state index is 0.0188. The summed E-state index contributed by atoms with van der Waals surface area (Å²) in [5.74, 6) is -0.0812. The van der Waals surface area contributed by atoms with E-state index in [1.807, 2.05) is 18.2 Å². The molecule has 9 nitrogen and oxygen atoms in total. The molecule has 194 valence electrons. The number of rotatable bonds is 6. The van der Waals surface area contributed by atoms with Crippen LogP contribution < -0.4 is 16.4 Å². The van der Waals surface area contributed by atoms with Crippen LogP contribution in [0.5, 0.6) is 0 Å². The Hall–Kier alpha value is -3.88. The van der Waals surface area contributed by atoms with Gasteiger partial charge in [0.25, 0.3) is 11.8 Å². The van der Waals surface area contributed by atoms with Crippen LogP contribution in [-0.4, -0.2) is 71.8 Å². The molecule has 2 aromatic rings. The SMILES string of the molecule is NC(=O)N[C@@H]1CCCN(C(=O)c2ccc(C(=O)N3CC[C@H](C(=O)N[C@H]4C[C@@H]4c4ccccc4)C3)cc2)C1. The van der Waals surface area contributed by atoms with Gasteiger partial charge in [-0.3, -0.25) is 14.4 Å². The Labute approximate surface area is 216 Å². The first-order valence-electron chi connectivity index (χ1n) is 13.0. The molecule has 0 radical (unpaired) electrons. The number of primary amides is 1. The fourth-order valence-electron chi connectivity index (χ4n) is 5.48. The van der Waals surface area contributed by atoms with Gasteiger partial charge in [0.15, 0.2) is 0 Å². The lowest BCUT2D eigenvalue weighted by atomic mass is 10.0. The number of nitrogens with zero attached hydrogens (tertiary/aromatic N) is 2. The third-order valence-electron chi connectivity index (χ3n) is 7.63. The molecule has 37 heavy (non-hydrogen) atoms. The highest BCUT2D eigenvalue weighted by atomic mass is 16.2. The largest absolute Gasteiger partial charge is 0.352 e. The zero-order chi connectivity index (χ0) is 25.9. The van der Waals surface area contributed by atoms with E-state index in [1.165, 1.54) is 5.56 Å². The number of hydrogen-bond donors (Lipinski definition) is 3. The monoisotopic (exact) mass is 503 g/mol. The number of hydrogen-bond acceptors (Lipinski definition) is 4. The van der Waals surface area contributed by atoms with Crippen molar-refractivity contribution < 1.29 is 19.2 Å². The van der Waals surface area contributed by atoms with Gasteiger partial charge in [-0.2, -0.15) is 0 Å². The van der Waals surface area contributed by atoms with E-state index in [2.05, 4.69) is 22.8 Å². The second-order valence-corrected chi connectivity index (χ2v) is 10.3. The molecule has 4 atom stereocenters. The van der Waals surface area contributed by atoms with Crippen LogP contribution in [0.25, 0.3) is 0 Å². The first kappa shape index (κ1) is 24.8. The normalized spacial score (nSPS) is 24.9. The number of carbonyl (C=O) groups is 4. The molecule has 1 saturated carbocycles. The third kappa shape index (κ3) is 5.76. The first-order valence-corrected chi connectivity index (χ1v) is 13.0. The molecular weight excluding hydrogens is 470 g/mol. The molecular formula is C28H33N5O4. The molecule has 5 rings (SSSR count). The van der Waals surface area contributed by atoms with Crippen molar-refractivity contribution >= 4 is 23.8 Å². The van der Waals surface area contributed by atoms with Crippen LogP contribution in [0.3, 0.4) is 0 Å². The van der Waals surface area contributed by atoms with Crippen LogP contribution in [0.2, 0.25) is 0 Å². The van der Waals surface area contributed by atoms with E-state index >= 15 is 0 Å².